The van der Waals surface area contributed by atoms with Crippen LogP contribution >= 0.6 is 23.1 Å². The van der Waals surface area contributed by atoms with Crippen molar-refractivity contribution in [3.05, 3.63) is 16.1 Å². The van der Waals surface area contributed by atoms with E-state index in [1.54, 1.807) is 11.3 Å². The molecule has 1 N–H and O–H groups in total. The highest BCUT2D eigenvalue weighted by atomic mass is 32.2. The Bertz CT molecular complexity index is 512. The summed E-state index contributed by atoms with van der Waals surface area (Å²) in [6, 6.07) is 0. The van der Waals surface area contributed by atoms with E-state index in [0.717, 1.165) is 41.6 Å². The minimum absolute atomic E-state index is 0.0548. The fraction of sp³-hybridized carbons (Fsp3) is 0.733. The van der Waals surface area contributed by atoms with Crippen LogP contribution in [0.25, 0.3) is 0 Å². The van der Waals surface area contributed by atoms with Gasteiger partial charge in [0.25, 0.3) is 5.91 Å². The second kappa shape index (κ2) is 6.26. The number of thioether (sulfide) groups is 1. The number of hydrogen-bond acceptors (Lipinski definition) is 5. The number of piperidine rings is 1. The molecule has 0 aliphatic carbocycles. The van der Waals surface area contributed by atoms with Crippen molar-refractivity contribution >= 4 is 29.0 Å². The van der Waals surface area contributed by atoms with Crippen molar-refractivity contribution in [2.24, 2.45) is 0 Å². The largest absolute Gasteiger partial charge is 0.380 e. The Kier molecular flexibility index (Phi) is 4.57. The summed E-state index contributed by atoms with van der Waals surface area (Å²) >= 11 is 3.51. The van der Waals surface area contributed by atoms with Crippen molar-refractivity contribution in [1.82, 2.24) is 9.88 Å². The molecule has 1 aromatic heterocycles. The predicted octanol–water partition coefficient (Wildman–Crippen LogP) is 2.42. The average molecular weight is 326 g/mol. The zero-order valence-corrected chi connectivity index (χ0v) is 14.0. The van der Waals surface area contributed by atoms with Gasteiger partial charge < -0.3 is 10.0 Å². The molecule has 1 aromatic rings. The molecule has 116 valence electrons. The normalized spacial score (nSPS) is 25.8. The van der Waals surface area contributed by atoms with Gasteiger partial charge in [-0.1, -0.05) is 0 Å². The first kappa shape index (κ1) is 15.3. The molecule has 3 heterocycles. The lowest BCUT2D eigenvalue weighted by Crippen LogP contribution is -2.53. The first-order valence-electron chi connectivity index (χ1n) is 7.60. The third kappa shape index (κ3) is 3.27. The minimum atomic E-state index is -1.12. The summed E-state index contributed by atoms with van der Waals surface area (Å²) < 4.78 is 0. The van der Waals surface area contributed by atoms with Crippen molar-refractivity contribution in [3.8, 4) is 0 Å². The van der Waals surface area contributed by atoms with Crippen molar-refractivity contribution in [3.63, 3.8) is 0 Å². The van der Waals surface area contributed by atoms with E-state index in [2.05, 4.69) is 10.4 Å². The molecule has 0 aromatic carbocycles. The summed E-state index contributed by atoms with van der Waals surface area (Å²) in [6.45, 7) is 3.49. The Morgan fingerprint density at radius 2 is 2.24 bits per heavy atom. The monoisotopic (exact) mass is 326 g/mol. The smallest absolute Gasteiger partial charge is 0.254 e. The minimum Gasteiger partial charge on any atom is -0.380 e. The van der Waals surface area contributed by atoms with E-state index >= 15 is 0 Å². The Morgan fingerprint density at radius 1 is 1.48 bits per heavy atom. The summed E-state index contributed by atoms with van der Waals surface area (Å²) in [5.41, 5.74) is -0.0623. The van der Waals surface area contributed by atoms with E-state index in [0.29, 0.717) is 25.3 Å². The molecule has 0 spiro atoms. The zero-order valence-electron chi connectivity index (χ0n) is 12.4. The maximum Gasteiger partial charge on any atom is 0.254 e. The lowest BCUT2D eigenvalue weighted by molar-refractivity contribution is -0.153. The topological polar surface area (TPSA) is 53.4 Å². The van der Waals surface area contributed by atoms with Gasteiger partial charge in [0, 0.05) is 30.1 Å². The van der Waals surface area contributed by atoms with Crippen LogP contribution in [0, 0.1) is 6.92 Å². The molecular weight excluding hydrogens is 304 g/mol. The van der Waals surface area contributed by atoms with Gasteiger partial charge in [0.05, 0.1) is 5.01 Å². The number of carbonyl (C=O) groups excluding carboxylic acids is 1. The molecule has 3 rings (SSSR count). The SMILES string of the molecule is Cc1csc(C2CCCN(C(=O)C3(O)CCSCC3)C2)n1. The van der Waals surface area contributed by atoms with Gasteiger partial charge in [-0.25, -0.2) is 4.98 Å². The second-order valence-corrected chi connectivity index (χ2v) is 8.18. The van der Waals surface area contributed by atoms with Crippen LogP contribution < -0.4 is 0 Å². The Labute approximate surface area is 133 Å². The van der Waals surface area contributed by atoms with Crippen LogP contribution in [0.4, 0.5) is 0 Å². The van der Waals surface area contributed by atoms with Crippen molar-refractivity contribution < 1.29 is 9.90 Å². The van der Waals surface area contributed by atoms with Crippen LogP contribution in [0.3, 0.4) is 0 Å². The maximum absolute atomic E-state index is 12.7. The molecule has 0 saturated carbocycles. The number of thiazole rings is 1. The third-order valence-corrected chi connectivity index (χ3v) is 6.52. The number of aliphatic hydroxyl groups is 1. The number of amides is 1. The molecule has 2 fully saturated rings. The van der Waals surface area contributed by atoms with Crippen molar-refractivity contribution in [2.75, 3.05) is 24.6 Å². The Balaban J connectivity index is 1.69. The van der Waals surface area contributed by atoms with Crippen molar-refractivity contribution in [2.45, 2.75) is 44.1 Å². The van der Waals surface area contributed by atoms with Gasteiger partial charge in [-0.2, -0.15) is 11.8 Å². The highest BCUT2D eigenvalue weighted by Crippen LogP contribution is 2.33. The first-order chi connectivity index (χ1) is 10.1. The van der Waals surface area contributed by atoms with Gasteiger partial charge in [-0.3, -0.25) is 4.79 Å². The summed E-state index contributed by atoms with van der Waals surface area (Å²) in [5.74, 6) is 2.04. The number of nitrogens with zero attached hydrogens (tertiary/aromatic N) is 2. The van der Waals surface area contributed by atoms with E-state index in [-0.39, 0.29) is 5.91 Å². The van der Waals surface area contributed by atoms with E-state index in [1.165, 1.54) is 0 Å². The molecule has 0 radical (unpaired) electrons. The van der Waals surface area contributed by atoms with Crippen LogP contribution in [-0.2, 0) is 4.79 Å². The summed E-state index contributed by atoms with van der Waals surface area (Å²) in [5, 5.41) is 13.8. The Hall–Kier alpha value is -0.590. The van der Waals surface area contributed by atoms with Crippen LogP contribution in [0.5, 0.6) is 0 Å². The van der Waals surface area contributed by atoms with E-state index in [4.69, 9.17) is 0 Å². The van der Waals surface area contributed by atoms with E-state index in [1.807, 2.05) is 23.6 Å². The predicted molar refractivity (Wildman–Crippen MR) is 86.9 cm³/mol. The van der Waals surface area contributed by atoms with E-state index in [9.17, 15) is 9.90 Å². The number of hydrogen-bond donors (Lipinski definition) is 1. The lowest BCUT2D eigenvalue weighted by Gasteiger charge is -2.39. The van der Waals surface area contributed by atoms with Crippen LogP contribution in [0.1, 0.15) is 42.3 Å². The number of aryl methyl sites for hydroxylation is 1. The van der Waals surface area contributed by atoms with Gasteiger partial charge >= 0.3 is 0 Å². The molecule has 21 heavy (non-hydrogen) atoms. The number of likely N-dealkylation sites (tertiary alicyclic amines) is 1. The maximum atomic E-state index is 12.7. The molecule has 2 aliphatic heterocycles. The van der Waals surface area contributed by atoms with Crippen LogP contribution in [0.2, 0.25) is 0 Å². The molecule has 1 unspecified atom stereocenters. The highest BCUT2D eigenvalue weighted by molar-refractivity contribution is 7.99. The second-order valence-electron chi connectivity index (χ2n) is 6.06. The van der Waals surface area contributed by atoms with Crippen LogP contribution in [-0.4, -0.2) is 51.1 Å². The molecule has 4 nitrogen and oxygen atoms in total. The summed E-state index contributed by atoms with van der Waals surface area (Å²) in [4.78, 5) is 19.2. The average Bonchev–Trinajstić information content (AvgIpc) is 2.94. The fourth-order valence-corrected chi connectivity index (χ4v) is 5.23. The molecule has 2 saturated heterocycles. The zero-order chi connectivity index (χ0) is 14.9. The summed E-state index contributed by atoms with van der Waals surface area (Å²) in [7, 11) is 0. The summed E-state index contributed by atoms with van der Waals surface area (Å²) in [6.07, 6.45) is 3.27. The quantitative estimate of drug-likeness (QED) is 0.907. The standard InChI is InChI=1S/C15H22N2O2S2/c1-11-10-21-13(16-11)12-3-2-6-17(9-12)14(18)15(19)4-7-20-8-5-15/h10,12,19H,2-9H2,1H3. The van der Waals surface area contributed by atoms with Gasteiger partial charge in [0.2, 0.25) is 0 Å². The molecule has 1 atom stereocenters. The lowest BCUT2D eigenvalue weighted by atomic mass is 9.92. The molecule has 6 heteroatoms. The molecular formula is C15H22N2O2S2. The number of carbonyl (C=O) groups is 1. The van der Waals surface area contributed by atoms with Crippen molar-refractivity contribution in [1.29, 1.82) is 0 Å². The van der Waals surface area contributed by atoms with Gasteiger partial charge in [-0.15, -0.1) is 11.3 Å². The number of aromatic nitrogens is 1. The van der Waals surface area contributed by atoms with E-state index < -0.39 is 5.60 Å². The third-order valence-electron chi connectivity index (χ3n) is 4.41. The highest BCUT2D eigenvalue weighted by Gasteiger charge is 2.41. The van der Waals surface area contributed by atoms with Gasteiger partial charge in [0.1, 0.15) is 5.60 Å². The van der Waals surface area contributed by atoms with Crippen LogP contribution in [0.15, 0.2) is 5.38 Å². The van der Waals surface area contributed by atoms with Gasteiger partial charge in [-0.05, 0) is 44.1 Å². The number of rotatable bonds is 2. The molecule has 2 aliphatic rings. The van der Waals surface area contributed by atoms with Gasteiger partial charge in [0.15, 0.2) is 0 Å². The molecule has 1 amide bonds. The first-order valence-corrected chi connectivity index (χ1v) is 9.63. The fourth-order valence-electron chi connectivity index (χ4n) is 3.14. The molecule has 0 bridgehead atoms. The Morgan fingerprint density at radius 3 is 2.90 bits per heavy atom.